The van der Waals surface area contributed by atoms with Crippen molar-refractivity contribution in [3.8, 4) is 16.4 Å². The van der Waals surface area contributed by atoms with Gasteiger partial charge in [0.1, 0.15) is 19.1 Å². The second-order valence-corrected chi connectivity index (χ2v) is 15.5. The summed E-state index contributed by atoms with van der Waals surface area (Å²) in [4.78, 5) is 45.2. The van der Waals surface area contributed by atoms with E-state index in [9.17, 15) is 22.8 Å². The molecule has 4 aromatic heterocycles. The van der Waals surface area contributed by atoms with Crippen LogP contribution in [0.15, 0.2) is 35.6 Å². The van der Waals surface area contributed by atoms with E-state index in [0.717, 1.165) is 42.5 Å². The van der Waals surface area contributed by atoms with Gasteiger partial charge in [0, 0.05) is 29.0 Å². The smallest absolute Gasteiger partial charge is 1.00 e. The average Bonchev–Trinajstić information content (AvgIpc) is 3.88. The van der Waals surface area contributed by atoms with E-state index in [1.54, 1.807) is 12.5 Å². The van der Waals surface area contributed by atoms with Crippen molar-refractivity contribution in [3.63, 3.8) is 0 Å². The molecule has 2 N–H and O–H groups in total. The number of hydrogen-bond acceptors (Lipinski definition) is 17. The summed E-state index contributed by atoms with van der Waals surface area (Å²) in [6, 6.07) is -0.607. The van der Waals surface area contributed by atoms with E-state index in [1.807, 2.05) is 33.1 Å². The number of H-pyrrole nitrogens is 1. The Balaban J connectivity index is -0.000000358. The molecule has 0 aliphatic rings. The van der Waals surface area contributed by atoms with E-state index >= 15 is 0 Å². The number of thiophene rings is 2. The van der Waals surface area contributed by atoms with Crippen molar-refractivity contribution in [2.75, 3.05) is 39.9 Å². The van der Waals surface area contributed by atoms with E-state index in [2.05, 4.69) is 20.6 Å². The summed E-state index contributed by atoms with van der Waals surface area (Å²) in [5.74, 6) is 1.56. The molecule has 0 saturated carbocycles. The minimum Gasteiger partial charge on any atom is -1.00 e. The van der Waals surface area contributed by atoms with Crippen LogP contribution in [-0.4, -0.2) is 83.8 Å². The minimum atomic E-state index is -3.69. The summed E-state index contributed by atoms with van der Waals surface area (Å²) in [7, 11) is 7.38. The fourth-order valence-electron chi connectivity index (χ4n) is 3.79. The van der Waals surface area contributed by atoms with Gasteiger partial charge in [0.15, 0.2) is 10.1 Å². The number of hydrogen-bond donors (Lipinski definition) is 2. The Labute approximate surface area is 432 Å². The van der Waals surface area contributed by atoms with E-state index < -0.39 is 20.8 Å². The van der Waals surface area contributed by atoms with Crippen molar-refractivity contribution in [2.45, 2.75) is 62.3 Å². The van der Waals surface area contributed by atoms with Crippen molar-refractivity contribution >= 4 is 72.0 Å². The van der Waals surface area contributed by atoms with Crippen molar-refractivity contribution in [3.05, 3.63) is 55.8 Å². The van der Waals surface area contributed by atoms with Gasteiger partial charge in [0.2, 0.25) is 10.3 Å². The third-order valence-electron chi connectivity index (χ3n) is 5.94. The quantitative estimate of drug-likeness (QED) is 0.0417. The summed E-state index contributed by atoms with van der Waals surface area (Å²) < 4.78 is 35.4. The first-order chi connectivity index (χ1) is 24.3. The Morgan fingerprint density at radius 3 is 1.91 bits per heavy atom. The van der Waals surface area contributed by atoms with Gasteiger partial charge in [-0.15, -0.1) is 47.0 Å². The number of ether oxygens (including phenoxy) is 2. The number of carbonyl (C=O) groups is 1. The van der Waals surface area contributed by atoms with Crippen LogP contribution < -0.4 is 156 Å². The Kier molecular flexibility index (Phi) is 36.4. The van der Waals surface area contributed by atoms with E-state index in [-0.39, 0.29) is 140 Å². The molecule has 18 nitrogen and oxygen atoms in total. The number of aryl methyl sites for hydroxylation is 2. The number of halogens is 2. The molecular weight excluding hydrogens is 918 g/mol. The van der Waals surface area contributed by atoms with Gasteiger partial charge in [-0.1, -0.05) is 51.2 Å². The molecule has 0 aliphatic carbocycles. The number of carbonyl (C=O) groups excluding carboxylic acids is 1. The maximum absolute atomic E-state index is 12.3. The second-order valence-electron chi connectivity index (χ2n) is 8.82. The van der Waals surface area contributed by atoms with Gasteiger partial charge in [-0.25, -0.2) is 33.2 Å². The molecule has 0 bridgehead atoms. The van der Waals surface area contributed by atoms with Gasteiger partial charge in [0.05, 0.1) is 14.2 Å². The summed E-state index contributed by atoms with van der Waals surface area (Å²) in [6.45, 7) is 8.06. The van der Waals surface area contributed by atoms with Crippen LogP contribution in [-0.2, 0) is 28.4 Å². The first kappa shape index (κ1) is 61.4. The van der Waals surface area contributed by atoms with Crippen LogP contribution >= 0.6 is 56.9 Å². The second kappa shape index (κ2) is 32.6. The number of amides is 1. The molecule has 1 amide bonds. The normalized spacial score (nSPS) is 9.53. The maximum Gasteiger partial charge on any atom is 1.00 e. The Bertz CT molecular complexity index is 1920. The van der Waals surface area contributed by atoms with Gasteiger partial charge in [0.25, 0.3) is 9.05 Å². The van der Waals surface area contributed by atoms with E-state index in [4.69, 9.17) is 40.2 Å². The number of thioether (sulfide) groups is 2. The molecule has 0 saturated heterocycles. The maximum atomic E-state index is 12.3. The zero-order chi connectivity index (χ0) is 38.7. The van der Waals surface area contributed by atoms with Crippen molar-refractivity contribution in [1.29, 1.82) is 5.26 Å². The van der Waals surface area contributed by atoms with Crippen LogP contribution in [0.25, 0.3) is 0 Å². The molecule has 0 aromatic carbocycles. The Hall–Kier alpha value is -0.257. The third-order valence-corrected chi connectivity index (χ3v) is 11.1. The van der Waals surface area contributed by atoms with Crippen molar-refractivity contribution in [2.24, 2.45) is 0 Å². The average molecular weight is 959 g/mol. The molecule has 4 rings (SSSR count). The number of aromatic amines is 1. The van der Waals surface area contributed by atoms with Crippen LogP contribution in [0.1, 0.15) is 44.4 Å². The van der Waals surface area contributed by atoms with Gasteiger partial charge in [-0.05, 0) is 46.2 Å². The molecule has 0 radical (unpaired) electrons. The molecule has 300 valence electrons. The fourth-order valence-corrected chi connectivity index (χ4v) is 8.96. The first-order valence-corrected chi connectivity index (χ1v) is 20.6. The zero-order valence-electron chi connectivity index (χ0n) is 32.3. The minimum absolute atomic E-state index is 0. The topological polar surface area (TPSA) is 238 Å². The summed E-state index contributed by atoms with van der Waals surface area (Å²) in [5.41, 5.74) is 1.74. The van der Waals surface area contributed by atoms with Crippen LogP contribution in [0.5, 0.6) is 10.1 Å². The third kappa shape index (κ3) is 18.7. The fraction of sp³-hybridized carbons (Fsp3) is 0.464. The number of aromatic nitrogens is 6. The molecule has 0 unspecified atom stereocenters. The summed E-state index contributed by atoms with van der Waals surface area (Å²) >= 11 is 5.48. The van der Waals surface area contributed by atoms with Crippen molar-refractivity contribution < 1.29 is 153 Å². The predicted molar refractivity (Wildman–Crippen MR) is 200 cm³/mol. The number of rotatable bonds is 13. The molecule has 0 aliphatic heterocycles. The first-order valence-electron chi connectivity index (χ1n) is 14.5. The number of nitrogens with zero attached hydrogens (tertiary/aromatic N) is 6. The van der Waals surface area contributed by atoms with Crippen LogP contribution in [0.2, 0.25) is 0 Å². The molecular formula is C28H41Cl2K2N8O10S5-. The number of nitrogens with one attached hydrogen (secondary N) is 2. The molecule has 4 aromatic rings. The molecule has 27 heteroatoms. The SMILES string of the molecule is CCSc1n[nH]c(=O)n1OC.CCSc1nn(C(=O)NCc2c(CC)csc2OC)c(=O)n1OC.CCc1csc(OC)c1S(=O)(=O)Cl.N#C[O-].[CH3-].[Cl-].[K+].[K+]. The van der Waals surface area contributed by atoms with Crippen LogP contribution in [0.4, 0.5) is 4.79 Å². The molecule has 0 spiro atoms. The van der Waals surface area contributed by atoms with Crippen molar-refractivity contribution in [1.82, 2.24) is 34.8 Å². The van der Waals surface area contributed by atoms with E-state index in [0.29, 0.717) is 39.4 Å². The largest absolute Gasteiger partial charge is 1.00 e. The van der Waals surface area contributed by atoms with Gasteiger partial charge < -0.3 is 49.4 Å². The molecule has 4 heterocycles. The summed E-state index contributed by atoms with van der Waals surface area (Å²) in [5, 5.41) is 33.5. The van der Waals surface area contributed by atoms with Gasteiger partial charge >= 0.3 is 120 Å². The standard InChI is InChI=1S/C14H20N4O4S2.C7H9ClO3S2.C5H9N3O2S.CHNO.CH3.ClH.2K/c1-5-9-8-24-11(21-3)10(9)7-15-12(19)17-14(20)18(22-4)13(16-17)23-6-2;1-3-5-4-12-7(11-2)6(5)13(8,9)10;1-3-11-5-7-6-4(9)8(5)10-2;2-1-3;;;;/h8H,5-7H2,1-4H3,(H,15,19);4H,3H2,1-2H3;3H2,1-2H3,(H,6,9);3H;1H3;1H;;/q;;;;-1;;2*+1/p-2. The monoisotopic (exact) mass is 957 g/mol. The Morgan fingerprint density at radius 1 is 0.964 bits per heavy atom. The molecule has 55 heavy (non-hydrogen) atoms. The molecule has 0 atom stereocenters. The number of nitriles is 1. The molecule has 0 fully saturated rings. The number of methoxy groups -OCH3 is 2. The van der Waals surface area contributed by atoms with Crippen LogP contribution in [0.3, 0.4) is 0 Å². The van der Waals surface area contributed by atoms with Gasteiger partial charge in [-0.2, -0.15) is 0 Å². The van der Waals surface area contributed by atoms with Crippen LogP contribution in [0, 0.1) is 18.9 Å². The zero-order valence-corrected chi connectivity index (χ0v) is 44.1. The van der Waals surface area contributed by atoms with E-state index in [1.165, 1.54) is 67.5 Å². The summed E-state index contributed by atoms with van der Waals surface area (Å²) in [6.07, 6.45) is 1.96. The van der Waals surface area contributed by atoms with Gasteiger partial charge in [-0.3, -0.25) is 0 Å². The predicted octanol–water partition coefficient (Wildman–Crippen LogP) is -6.12. The Morgan fingerprint density at radius 2 is 1.45 bits per heavy atom.